The van der Waals surface area contributed by atoms with Crippen molar-refractivity contribution in [3.05, 3.63) is 0 Å². The van der Waals surface area contributed by atoms with Gasteiger partial charge in [-0.15, -0.1) is 0 Å². The van der Waals surface area contributed by atoms with Crippen molar-refractivity contribution in [2.75, 3.05) is 6.61 Å². The molecule has 4 unspecified atom stereocenters. The zero-order valence-electron chi connectivity index (χ0n) is 15.5. The minimum atomic E-state index is -0.641. The van der Waals surface area contributed by atoms with Gasteiger partial charge in [-0.25, -0.2) is 0 Å². The number of hydrogen-bond donors (Lipinski definition) is 1. The second-order valence-corrected chi connectivity index (χ2v) is 7.26. The fourth-order valence-electron chi connectivity index (χ4n) is 2.60. The molecule has 0 aromatic rings. The minimum absolute atomic E-state index is 0.0540. The molecule has 0 rings (SSSR count). The SMILES string of the molecule is CCC(C)(O)CC(C)OC(C)(CC)C(C)CCOC(C)C. The van der Waals surface area contributed by atoms with Gasteiger partial charge < -0.3 is 14.6 Å². The Morgan fingerprint density at radius 1 is 1.00 bits per heavy atom. The smallest absolute Gasteiger partial charge is 0.0681 e. The molecule has 0 radical (unpaired) electrons. The topological polar surface area (TPSA) is 38.7 Å². The predicted octanol–water partition coefficient (Wildman–Crippen LogP) is 4.56. The quantitative estimate of drug-likeness (QED) is 0.608. The predicted molar refractivity (Wildman–Crippen MR) is 89.6 cm³/mol. The zero-order chi connectivity index (χ0) is 16.7. The van der Waals surface area contributed by atoms with Crippen LogP contribution < -0.4 is 0 Å². The molecule has 0 amide bonds. The van der Waals surface area contributed by atoms with Gasteiger partial charge in [0.05, 0.1) is 23.4 Å². The first kappa shape index (κ1) is 20.9. The highest BCUT2D eigenvalue weighted by molar-refractivity contribution is 4.83. The van der Waals surface area contributed by atoms with E-state index >= 15 is 0 Å². The first-order valence-corrected chi connectivity index (χ1v) is 8.58. The lowest BCUT2D eigenvalue weighted by Gasteiger charge is -2.39. The van der Waals surface area contributed by atoms with Crippen LogP contribution in [0.1, 0.15) is 81.1 Å². The third kappa shape index (κ3) is 8.18. The van der Waals surface area contributed by atoms with E-state index in [1.807, 2.05) is 13.8 Å². The Morgan fingerprint density at radius 3 is 2.00 bits per heavy atom. The molecule has 0 aliphatic rings. The van der Waals surface area contributed by atoms with Gasteiger partial charge in [0.1, 0.15) is 0 Å². The fraction of sp³-hybridized carbons (Fsp3) is 1.00. The van der Waals surface area contributed by atoms with Gasteiger partial charge in [-0.2, -0.15) is 0 Å². The van der Waals surface area contributed by atoms with Crippen molar-refractivity contribution < 1.29 is 14.6 Å². The number of rotatable bonds is 11. The standard InChI is InChI=1S/C18H38O3/c1-9-17(7,19)13-16(6)21-18(8,10-2)15(5)11-12-20-14(3)4/h14-16,19H,9-13H2,1-8H3. The summed E-state index contributed by atoms with van der Waals surface area (Å²) in [5.41, 5.74) is -0.804. The normalized spacial score (nSPS) is 20.9. The Kier molecular flexibility index (Phi) is 9.06. The van der Waals surface area contributed by atoms with Crippen molar-refractivity contribution in [1.29, 1.82) is 0 Å². The van der Waals surface area contributed by atoms with Crippen LogP contribution in [0.15, 0.2) is 0 Å². The molecule has 128 valence electrons. The maximum absolute atomic E-state index is 10.2. The summed E-state index contributed by atoms with van der Waals surface area (Å²) in [6.07, 6.45) is 3.73. The lowest BCUT2D eigenvalue weighted by molar-refractivity contribution is -0.134. The Bertz CT molecular complexity index is 276. The lowest BCUT2D eigenvalue weighted by atomic mass is 9.85. The minimum Gasteiger partial charge on any atom is -0.390 e. The van der Waals surface area contributed by atoms with Gasteiger partial charge in [-0.1, -0.05) is 20.8 Å². The Balaban J connectivity index is 4.49. The van der Waals surface area contributed by atoms with Crippen LogP contribution in [0, 0.1) is 5.92 Å². The lowest BCUT2D eigenvalue weighted by Crippen LogP contribution is -2.41. The van der Waals surface area contributed by atoms with E-state index in [0.29, 0.717) is 12.3 Å². The van der Waals surface area contributed by atoms with E-state index in [1.54, 1.807) is 0 Å². The van der Waals surface area contributed by atoms with Crippen LogP contribution in [0.3, 0.4) is 0 Å². The molecule has 21 heavy (non-hydrogen) atoms. The molecule has 1 N–H and O–H groups in total. The maximum Gasteiger partial charge on any atom is 0.0681 e. The molecule has 3 heteroatoms. The molecule has 0 aliphatic heterocycles. The average molecular weight is 302 g/mol. The molecule has 0 aromatic heterocycles. The summed E-state index contributed by atoms with van der Waals surface area (Å²) >= 11 is 0. The van der Waals surface area contributed by atoms with Gasteiger partial charge in [0, 0.05) is 13.0 Å². The molecule has 0 aliphatic carbocycles. The zero-order valence-corrected chi connectivity index (χ0v) is 15.5. The monoisotopic (exact) mass is 302 g/mol. The van der Waals surface area contributed by atoms with Gasteiger partial charge in [0.25, 0.3) is 0 Å². The number of hydrogen-bond acceptors (Lipinski definition) is 3. The van der Waals surface area contributed by atoms with E-state index in [-0.39, 0.29) is 17.8 Å². The summed E-state index contributed by atoms with van der Waals surface area (Å²) in [6, 6.07) is 0. The van der Waals surface area contributed by atoms with Gasteiger partial charge in [-0.3, -0.25) is 0 Å². The van der Waals surface area contributed by atoms with Crippen molar-refractivity contribution in [1.82, 2.24) is 0 Å². The van der Waals surface area contributed by atoms with E-state index in [9.17, 15) is 5.11 Å². The third-order valence-electron chi connectivity index (χ3n) is 4.71. The van der Waals surface area contributed by atoms with Gasteiger partial charge >= 0.3 is 0 Å². The second-order valence-electron chi connectivity index (χ2n) is 7.26. The molecule has 0 spiro atoms. The van der Waals surface area contributed by atoms with E-state index in [1.165, 1.54) is 0 Å². The summed E-state index contributed by atoms with van der Waals surface area (Å²) in [4.78, 5) is 0. The van der Waals surface area contributed by atoms with E-state index in [4.69, 9.17) is 9.47 Å². The van der Waals surface area contributed by atoms with Crippen LogP contribution in [0.25, 0.3) is 0 Å². The van der Waals surface area contributed by atoms with Crippen LogP contribution in [-0.2, 0) is 9.47 Å². The van der Waals surface area contributed by atoms with Crippen LogP contribution in [0.4, 0.5) is 0 Å². The van der Waals surface area contributed by atoms with Crippen molar-refractivity contribution in [3.63, 3.8) is 0 Å². The highest BCUT2D eigenvalue weighted by Gasteiger charge is 2.33. The number of ether oxygens (including phenoxy) is 2. The van der Waals surface area contributed by atoms with E-state index in [2.05, 4.69) is 41.5 Å². The van der Waals surface area contributed by atoms with Gasteiger partial charge in [0.2, 0.25) is 0 Å². The second kappa shape index (κ2) is 9.12. The summed E-state index contributed by atoms with van der Waals surface area (Å²) in [5.74, 6) is 0.426. The Hall–Kier alpha value is -0.120. The number of aliphatic hydroxyl groups is 1. The van der Waals surface area contributed by atoms with Gasteiger partial charge in [0.15, 0.2) is 0 Å². The van der Waals surface area contributed by atoms with Crippen molar-refractivity contribution in [3.8, 4) is 0 Å². The highest BCUT2D eigenvalue weighted by atomic mass is 16.5. The first-order valence-electron chi connectivity index (χ1n) is 8.58. The molecular weight excluding hydrogens is 264 g/mol. The molecule has 0 saturated carbocycles. The molecule has 0 bridgehead atoms. The fourth-order valence-corrected chi connectivity index (χ4v) is 2.60. The average Bonchev–Trinajstić information content (AvgIpc) is 2.37. The molecule has 0 fully saturated rings. The summed E-state index contributed by atoms with van der Waals surface area (Å²) in [5, 5.41) is 10.2. The highest BCUT2D eigenvalue weighted by Crippen LogP contribution is 2.31. The maximum atomic E-state index is 10.2. The van der Waals surface area contributed by atoms with Crippen molar-refractivity contribution in [2.45, 2.75) is 104 Å². The molecule has 0 aromatic carbocycles. The van der Waals surface area contributed by atoms with Crippen molar-refractivity contribution >= 4 is 0 Å². The van der Waals surface area contributed by atoms with E-state index < -0.39 is 5.60 Å². The van der Waals surface area contributed by atoms with E-state index in [0.717, 1.165) is 25.9 Å². The summed E-state index contributed by atoms with van der Waals surface area (Å²) < 4.78 is 12.0. The molecule has 0 heterocycles. The van der Waals surface area contributed by atoms with Crippen molar-refractivity contribution in [2.24, 2.45) is 5.92 Å². The van der Waals surface area contributed by atoms with Crippen LogP contribution in [0.2, 0.25) is 0 Å². The molecular formula is C18H38O3. The van der Waals surface area contributed by atoms with Crippen LogP contribution >= 0.6 is 0 Å². The van der Waals surface area contributed by atoms with Crippen LogP contribution in [0.5, 0.6) is 0 Å². The molecule has 4 atom stereocenters. The third-order valence-corrected chi connectivity index (χ3v) is 4.71. The first-order chi connectivity index (χ1) is 9.56. The Morgan fingerprint density at radius 2 is 1.57 bits per heavy atom. The summed E-state index contributed by atoms with van der Waals surface area (Å²) in [7, 11) is 0. The summed E-state index contributed by atoms with van der Waals surface area (Å²) in [6.45, 7) is 17.5. The molecule has 3 nitrogen and oxygen atoms in total. The van der Waals surface area contributed by atoms with Gasteiger partial charge in [-0.05, 0) is 59.8 Å². The Labute approximate surface area is 132 Å². The van der Waals surface area contributed by atoms with Crippen LogP contribution in [-0.4, -0.2) is 35.1 Å². The molecule has 0 saturated heterocycles. The largest absolute Gasteiger partial charge is 0.390 e.